The predicted molar refractivity (Wildman–Crippen MR) is 65.3 cm³/mol. The molecule has 1 N–H and O–H groups in total. The average Bonchev–Trinajstić information content (AvgIpc) is 2.84. The molecule has 1 aromatic carbocycles. The highest BCUT2D eigenvalue weighted by atomic mass is 79.9. The zero-order valence-corrected chi connectivity index (χ0v) is 10.6. The average molecular weight is 296 g/mol. The monoisotopic (exact) mass is 295 g/mol. The summed E-state index contributed by atoms with van der Waals surface area (Å²) in [5.41, 5.74) is 0.734. The Bertz CT molecular complexity index is 496. The van der Waals surface area contributed by atoms with Gasteiger partial charge >= 0.3 is 0 Å². The molecule has 1 unspecified atom stereocenters. The van der Waals surface area contributed by atoms with Crippen molar-refractivity contribution in [3.05, 3.63) is 35.1 Å². The number of carbonyl (C=O) groups is 1. The summed E-state index contributed by atoms with van der Waals surface area (Å²) < 4.78 is 2.36. The first-order valence-electron chi connectivity index (χ1n) is 4.96. The first kappa shape index (κ1) is 11.7. The number of halogens is 1. The topological polar surface area (TPSA) is 72.7 Å². The Kier molecular flexibility index (Phi) is 3.48. The van der Waals surface area contributed by atoms with E-state index >= 15 is 0 Å². The van der Waals surface area contributed by atoms with Gasteiger partial charge in [0.15, 0.2) is 0 Å². The van der Waals surface area contributed by atoms with Crippen molar-refractivity contribution < 1.29 is 4.79 Å². The van der Waals surface area contributed by atoms with Crippen molar-refractivity contribution in [1.82, 2.24) is 20.2 Å². The molecule has 0 spiro atoms. The highest BCUT2D eigenvalue weighted by Crippen LogP contribution is 2.15. The van der Waals surface area contributed by atoms with Crippen LogP contribution >= 0.6 is 15.9 Å². The van der Waals surface area contributed by atoms with Crippen molar-refractivity contribution in [3.8, 4) is 0 Å². The molecule has 1 amide bonds. The van der Waals surface area contributed by atoms with E-state index < -0.39 is 6.04 Å². The summed E-state index contributed by atoms with van der Waals surface area (Å²) >= 11 is 3.33. The number of hydrogen-bond donors (Lipinski definition) is 1. The fraction of sp³-hybridized carbons (Fsp3) is 0.200. The first-order chi connectivity index (χ1) is 8.16. The van der Waals surface area contributed by atoms with Crippen LogP contribution in [0, 0.1) is 0 Å². The summed E-state index contributed by atoms with van der Waals surface area (Å²) in [4.78, 5) is 11.9. The van der Waals surface area contributed by atoms with Gasteiger partial charge in [0.05, 0.1) is 0 Å². The van der Waals surface area contributed by atoms with E-state index in [1.54, 1.807) is 6.92 Å². The number of rotatable bonds is 3. The summed E-state index contributed by atoms with van der Waals surface area (Å²) in [5.74, 6) is -0.167. The Balaban J connectivity index is 2.04. The van der Waals surface area contributed by atoms with Crippen LogP contribution in [0.5, 0.6) is 0 Å². The van der Waals surface area contributed by atoms with E-state index in [1.807, 2.05) is 24.3 Å². The smallest absolute Gasteiger partial charge is 0.249 e. The van der Waals surface area contributed by atoms with Crippen molar-refractivity contribution >= 4 is 27.5 Å². The number of tetrazole rings is 1. The third-order valence-corrected chi connectivity index (χ3v) is 2.78. The zero-order valence-electron chi connectivity index (χ0n) is 9.04. The highest BCUT2D eigenvalue weighted by molar-refractivity contribution is 9.10. The van der Waals surface area contributed by atoms with Gasteiger partial charge < -0.3 is 5.32 Å². The molecule has 2 rings (SSSR count). The van der Waals surface area contributed by atoms with Crippen LogP contribution in [0.4, 0.5) is 5.69 Å². The molecule has 0 bridgehead atoms. The van der Waals surface area contributed by atoms with Crippen LogP contribution in [0.3, 0.4) is 0 Å². The SMILES string of the molecule is CC(C(=O)Nc1ccc(Br)cc1)n1cnnn1. The number of carbonyl (C=O) groups excluding carboxylic acids is 1. The number of benzene rings is 1. The molecule has 0 saturated heterocycles. The van der Waals surface area contributed by atoms with Gasteiger partial charge in [0.1, 0.15) is 12.4 Å². The van der Waals surface area contributed by atoms with Gasteiger partial charge in [-0.2, -0.15) is 0 Å². The summed E-state index contributed by atoms with van der Waals surface area (Å²) in [5, 5.41) is 13.4. The second kappa shape index (κ2) is 5.05. The van der Waals surface area contributed by atoms with Crippen LogP contribution in [-0.2, 0) is 4.79 Å². The maximum absolute atomic E-state index is 11.9. The second-order valence-corrected chi connectivity index (χ2v) is 4.38. The van der Waals surface area contributed by atoms with Crippen molar-refractivity contribution in [2.75, 3.05) is 5.32 Å². The maximum atomic E-state index is 11.9. The molecule has 17 heavy (non-hydrogen) atoms. The summed E-state index contributed by atoms with van der Waals surface area (Å²) in [6.45, 7) is 1.73. The molecule has 0 aliphatic heterocycles. The van der Waals surface area contributed by atoms with E-state index in [2.05, 4.69) is 36.8 Å². The molecule has 2 aromatic rings. The third-order valence-electron chi connectivity index (χ3n) is 2.25. The van der Waals surface area contributed by atoms with Gasteiger partial charge in [0.25, 0.3) is 0 Å². The first-order valence-corrected chi connectivity index (χ1v) is 5.75. The normalized spacial score (nSPS) is 12.1. The standard InChI is InChI=1S/C10H10BrN5O/c1-7(16-6-12-14-15-16)10(17)13-9-4-2-8(11)3-5-9/h2-7H,1H3,(H,13,17). The molecular weight excluding hydrogens is 286 g/mol. The fourth-order valence-electron chi connectivity index (χ4n) is 1.25. The minimum Gasteiger partial charge on any atom is -0.324 e. The summed E-state index contributed by atoms with van der Waals surface area (Å²) in [6.07, 6.45) is 1.41. The van der Waals surface area contributed by atoms with Crippen LogP contribution in [0.2, 0.25) is 0 Å². The number of nitrogens with zero attached hydrogens (tertiary/aromatic N) is 4. The van der Waals surface area contributed by atoms with Crippen LogP contribution in [0.15, 0.2) is 35.1 Å². The molecule has 0 aliphatic rings. The van der Waals surface area contributed by atoms with Crippen molar-refractivity contribution in [1.29, 1.82) is 0 Å². The Labute approximate surface area is 106 Å². The second-order valence-electron chi connectivity index (χ2n) is 3.46. The molecule has 6 nitrogen and oxygen atoms in total. The fourth-order valence-corrected chi connectivity index (χ4v) is 1.51. The van der Waals surface area contributed by atoms with E-state index in [0.29, 0.717) is 0 Å². The van der Waals surface area contributed by atoms with Gasteiger partial charge in [0.2, 0.25) is 5.91 Å². The molecule has 7 heteroatoms. The Hall–Kier alpha value is -1.76. The molecule has 0 radical (unpaired) electrons. The lowest BCUT2D eigenvalue weighted by atomic mass is 10.3. The van der Waals surface area contributed by atoms with Gasteiger partial charge in [-0.1, -0.05) is 15.9 Å². The van der Waals surface area contributed by atoms with Crippen molar-refractivity contribution in [2.24, 2.45) is 0 Å². The third kappa shape index (κ3) is 2.88. The number of hydrogen-bond acceptors (Lipinski definition) is 4. The number of anilines is 1. The van der Waals surface area contributed by atoms with Crippen molar-refractivity contribution in [2.45, 2.75) is 13.0 Å². The molecule has 1 aromatic heterocycles. The maximum Gasteiger partial charge on any atom is 0.249 e. The molecule has 0 aliphatic carbocycles. The van der Waals surface area contributed by atoms with E-state index in [0.717, 1.165) is 10.2 Å². The van der Waals surface area contributed by atoms with E-state index in [1.165, 1.54) is 11.0 Å². The van der Waals surface area contributed by atoms with Crippen LogP contribution < -0.4 is 5.32 Å². The minimum absolute atomic E-state index is 0.167. The van der Waals surface area contributed by atoms with Gasteiger partial charge in [0, 0.05) is 10.2 Å². The van der Waals surface area contributed by atoms with E-state index in [-0.39, 0.29) is 5.91 Å². The van der Waals surface area contributed by atoms with Gasteiger partial charge in [-0.15, -0.1) is 5.10 Å². The summed E-state index contributed by atoms with van der Waals surface area (Å²) in [6, 6.07) is 6.89. The van der Waals surface area contributed by atoms with Crippen LogP contribution in [0.1, 0.15) is 13.0 Å². The Morgan fingerprint density at radius 3 is 2.71 bits per heavy atom. The lowest BCUT2D eigenvalue weighted by molar-refractivity contribution is -0.119. The molecule has 0 fully saturated rings. The van der Waals surface area contributed by atoms with Gasteiger partial charge in [-0.25, -0.2) is 4.68 Å². The van der Waals surface area contributed by atoms with Gasteiger partial charge in [-0.3, -0.25) is 4.79 Å². The highest BCUT2D eigenvalue weighted by Gasteiger charge is 2.15. The quantitative estimate of drug-likeness (QED) is 0.934. The summed E-state index contributed by atoms with van der Waals surface area (Å²) in [7, 11) is 0. The van der Waals surface area contributed by atoms with E-state index in [9.17, 15) is 4.79 Å². The number of amides is 1. The van der Waals surface area contributed by atoms with E-state index in [4.69, 9.17) is 0 Å². The number of aromatic nitrogens is 4. The zero-order chi connectivity index (χ0) is 12.3. The minimum atomic E-state index is -0.450. The van der Waals surface area contributed by atoms with Crippen LogP contribution in [0.25, 0.3) is 0 Å². The van der Waals surface area contributed by atoms with Crippen molar-refractivity contribution in [3.63, 3.8) is 0 Å². The molecule has 1 heterocycles. The lowest BCUT2D eigenvalue weighted by Crippen LogP contribution is -2.24. The molecule has 88 valence electrons. The Morgan fingerprint density at radius 1 is 1.41 bits per heavy atom. The molecule has 1 atom stereocenters. The molecular formula is C10H10BrN5O. The largest absolute Gasteiger partial charge is 0.324 e. The van der Waals surface area contributed by atoms with Gasteiger partial charge in [-0.05, 0) is 41.6 Å². The molecule has 0 saturated carbocycles. The van der Waals surface area contributed by atoms with Crippen LogP contribution in [-0.4, -0.2) is 26.1 Å². The predicted octanol–water partition coefficient (Wildman–Crippen LogP) is 1.64. The lowest BCUT2D eigenvalue weighted by Gasteiger charge is -2.11. The number of nitrogens with one attached hydrogen (secondary N) is 1. The Morgan fingerprint density at radius 2 is 2.12 bits per heavy atom.